The zero-order chi connectivity index (χ0) is 27.8. The number of hydrazine groups is 1. The van der Waals surface area contributed by atoms with Crippen LogP contribution in [0.5, 0.6) is 0 Å². The molecule has 0 spiro atoms. The van der Waals surface area contributed by atoms with Crippen LogP contribution in [-0.2, 0) is 22.3 Å². The van der Waals surface area contributed by atoms with Gasteiger partial charge in [-0.25, -0.2) is 10.6 Å². The molecule has 12 heteroatoms. The van der Waals surface area contributed by atoms with Crippen molar-refractivity contribution in [2.24, 2.45) is 11.6 Å². The molecular formula is C25H33ClF3N5O3. The lowest BCUT2D eigenvalue weighted by atomic mass is 10.1. The Morgan fingerprint density at radius 1 is 1.30 bits per heavy atom. The fraction of sp³-hybridized carbons (Fsp3) is 0.440. The van der Waals surface area contributed by atoms with E-state index in [1.165, 1.54) is 16.0 Å². The third kappa shape index (κ3) is 10.9. The molecule has 1 fully saturated rings. The number of amides is 1. The highest BCUT2D eigenvalue weighted by atomic mass is 35.5. The van der Waals surface area contributed by atoms with Crippen LogP contribution < -0.4 is 11.6 Å². The van der Waals surface area contributed by atoms with Gasteiger partial charge in [-0.2, -0.15) is 13.2 Å². The number of halogens is 4. The maximum absolute atomic E-state index is 12.8. The molecule has 1 aliphatic heterocycles. The molecule has 2 heterocycles. The first-order chi connectivity index (χ1) is 17.1. The smallest absolute Gasteiger partial charge is 0.416 e. The molecule has 3 rings (SSSR count). The van der Waals surface area contributed by atoms with E-state index in [9.17, 15) is 18.0 Å². The van der Waals surface area contributed by atoms with Gasteiger partial charge in [-0.15, -0.1) is 0 Å². The van der Waals surface area contributed by atoms with Crippen LogP contribution >= 0.6 is 11.6 Å². The summed E-state index contributed by atoms with van der Waals surface area (Å²) in [6.45, 7) is 6.19. The van der Waals surface area contributed by atoms with E-state index in [1.54, 1.807) is 46.4 Å². The SMILES string of the molecule is CC(C)(C)OC(=O)N1CCC(OCc2cc(Cl)cc(C(F)(F)F)c2)C1.CN(N)/C=C(\N)c1cccnc1. The third-order valence-corrected chi connectivity index (χ3v) is 5.12. The van der Waals surface area contributed by atoms with E-state index < -0.39 is 23.4 Å². The first-order valence-corrected chi connectivity index (χ1v) is 11.8. The molecule has 1 aromatic heterocycles. The molecule has 0 bridgehead atoms. The van der Waals surface area contributed by atoms with E-state index in [-0.39, 0.29) is 17.7 Å². The van der Waals surface area contributed by atoms with Crippen molar-refractivity contribution in [2.45, 2.75) is 51.7 Å². The average Bonchev–Trinajstić information content (AvgIpc) is 3.26. The molecule has 1 saturated heterocycles. The monoisotopic (exact) mass is 543 g/mol. The highest BCUT2D eigenvalue weighted by Crippen LogP contribution is 2.32. The minimum atomic E-state index is -4.46. The van der Waals surface area contributed by atoms with Crippen LogP contribution in [0.2, 0.25) is 5.02 Å². The summed E-state index contributed by atoms with van der Waals surface area (Å²) in [6.07, 6.45) is 0.503. The fourth-order valence-electron chi connectivity index (χ4n) is 3.30. The lowest BCUT2D eigenvalue weighted by Gasteiger charge is -2.24. The Labute approximate surface area is 219 Å². The lowest BCUT2D eigenvalue weighted by molar-refractivity contribution is -0.137. The number of hydrogen-bond donors (Lipinski definition) is 2. The van der Waals surface area contributed by atoms with Crippen LogP contribution in [0.1, 0.15) is 43.9 Å². The van der Waals surface area contributed by atoms with Gasteiger partial charge in [0, 0.05) is 42.8 Å². The summed E-state index contributed by atoms with van der Waals surface area (Å²) >= 11 is 5.75. The van der Waals surface area contributed by atoms with E-state index in [4.69, 9.17) is 32.7 Å². The maximum atomic E-state index is 12.8. The molecule has 0 radical (unpaired) electrons. The Bertz CT molecular complexity index is 1060. The van der Waals surface area contributed by atoms with Crippen LogP contribution in [0.4, 0.5) is 18.0 Å². The topological polar surface area (TPSA) is 107 Å². The van der Waals surface area contributed by atoms with Gasteiger partial charge in [0.1, 0.15) is 5.60 Å². The second kappa shape index (κ2) is 13.0. The van der Waals surface area contributed by atoms with Gasteiger partial charge in [-0.3, -0.25) is 4.98 Å². The predicted octanol–water partition coefficient (Wildman–Crippen LogP) is 5.03. The average molecular weight is 544 g/mol. The number of nitrogens with two attached hydrogens (primary N) is 2. The summed E-state index contributed by atoms with van der Waals surface area (Å²) in [5.74, 6) is 5.39. The standard InChI is InChI=1S/C17H21ClF3NO3.C8H12N4/c1-16(2,3)25-15(23)22-5-4-14(9-22)24-10-11-6-12(17(19,20)21)8-13(18)7-11;1-12(10)6-8(9)7-3-2-4-11-5-7/h6-8,14H,4-5,9-10H2,1-3H3;2-6H,9-10H2,1H3/b;8-6-. The number of rotatable bonds is 5. The van der Waals surface area contributed by atoms with E-state index in [0.717, 1.165) is 17.7 Å². The number of likely N-dealkylation sites (tertiary alicyclic amines) is 1. The normalized spacial score (nSPS) is 16.2. The molecule has 37 heavy (non-hydrogen) atoms. The number of benzene rings is 1. The van der Waals surface area contributed by atoms with Gasteiger partial charge in [0.25, 0.3) is 0 Å². The van der Waals surface area contributed by atoms with E-state index in [1.807, 2.05) is 12.1 Å². The molecule has 1 unspecified atom stereocenters. The van der Waals surface area contributed by atoms with Gasteiger partial charge in [-0.05, 0) is 63.1 Å². The molecule has 1 aliphatic rings. The number of nitrogens with zero attached hydrogens (tertiary/aromatic N) is 3. The first-order valence-electron chi connectivity index (χ1n) is 11.5. The van der Waals surface area contributed by atoms with Crippen LogP contribution in [0, 0.1) is 0 Å². The summed E-state index contributed by atoms with van der Waals surface area (Å²) < 4.78 is 49.4. The van der Waals surface area contributed by atoms with Crippen molar-refractivity contribution in [3.63, 3.8) is 0 Å². The van der Waals surface area contributed by atoms with Crippen molar-refractivity contribution in [1.29, 1.82) is 0 Å². The summed E-state index contributed by atoms with van der Waals surface area (Å²) in [7, 11) is 1.71. The van der Waals surface area contributed by atoms with Crippen molar-refractivity contribution < 1.29 is 27.4 Å². The molecule has 204 valence electrons. The van der Waals surface area contributed by atoms with Gasteiger partial charge < -0.3 is 25.1 Å². The molecule has 1 amide bonds. The molecule has 2 aromatic rings. The quantitative estimate of drug-likeness (QED) is 0.402. The number of pyridine rings is 1. The van der Waals surface area contributed by atoms with Gasteiger partial charge in [0.15, 0.2) is 0 Å². The second-order valence-electron chi connectivity index (χ2n) is 9.49. The lowest BCUT2D eigenvalue weighted by Crippen LogP contribution is -2.36. The van der Waals surface area contributed by atoms with Crippen LogP contribution in [0.3, 0.4) is 0 Å². The number of carbonyl (C=O) groups is 1. The number of alkyl halides is 3. The van der Waals surface area contributed by atoms with Crippen LogP contribution in [0.25, 0.3) is 5.70 Å². The van der Waals surface area contributed by atoms with Crippen LogP contribution in [-0.4, -0.2) is 52.8 Å². The first kappa shape index (κ1) is 30.2. The zero-order valence-corrected chi connectivity index (χ0v) is 22.0. The molecular weight excluding hydrogens is 511 g/mol. The predicted molar refractivity (Wildman–Crippen MR) is 136 cm³/mol. The zero-order valence-electron chi connectivity index (χ0n) is 21.3. The summed E-state index contributed by atoms with van der Waals surface area (Å²) in [5.41, 5.74) is 6.13. The molecule has 1 atom stereocenters. The van der Waals surface area contributed by atoms with E-state index in [2.05, 4.69) is 4.98 Å². The van der Waals surface area contributed by atoms with Gasteiger partial charge in [0.05, 0.1) is 30.5 Å². The largest absolute Gasteiger partial charge is 0.444 e. The Balaban J connectivity index is 0.000000335. The van der Waals surface area contributed by atoms with Gasteiger partial charge in [0.2, 0.25) is 0 Å². The van der Waals surface area contributed by atoms with Gasteiger partial charge in [-0.1, -0.05) is 11.6 Å². The Morgan fingerprint density at radius 2 is 2.00 bits per heavy atom. The van der Waals surface area contributed by atoms with Crippen molar-refractivity contribution in [3.05, 3.63) is 70.6 Å². The van der Waals surface area contributed by atoms with E-state index >= 15 is 0 Å². The molecule has 4 N–H and O–H groups in total. The molecule has 8 nitrogen and oxygen atoms in total. The number of hydrogen-bond acceptors (Lipinski definition) is 7. The highest BCUT2D eigenvalue weighted by molar-refractivity contribution is 6.30. The van der Waals surface area contributed by atoms with Crippen molar-refractivity contribution in [2.75, 3.05) is 20.1 Å². The van der Waals surface area contributed by atoms with Crippen molar-refractivity contribution in [3.8, 4) is 0 Å². The van der Waals surface area contributed by atoms with Crippen molar-refractivity contribution in [1.82, 2.24) is 14.9 Å². The van der Waals surface area contributed by atoms with Gasteiger partial charge >= 0.3 is 12.3 Å². The number of carbonyl (C=O) groups excluding carboxylic acids is 1. The Hall–Kier alpha value is -3.02. The summed E-state index contributed by atoms with van der Waals surface area (Å²) in [5, 5.41) is 1.41. The van der Waals surface area contributed by atoms with Crippen molar-refractivity contribution >= 4 is 23.4 Å². The summed E-state index contributed by atoms with van der Waals surface area (Å²) in [6, 6.07) is 7.05. The summed E-state index contributed by atoms with van der Waals surface area (Å²) in [4.78, 5) is 17.5. The maximum Gasteiger partial charge on any atom is 0.416 e. The number of ether oxygens (including phenoxy) is 2. The minimum Gasteiger partial charge on any atom is -0.444 e. The second-order valence-corrected chi connectivity index (χ2v) is 9.92. The Kier molecular flexibility index (Phi) is 10.6. The number of aromatic nitrogens is 1. The fourth-order valence-corrected chi connectivity index (χ4v) is 3.55. The van der Waals surface area contributed by atoms with Crippen LogP contribution in [0.15, 0.2) is 48.9 Å². The van der Waals surface area contributed by atoms with E-state index in [0.29, 0.717) is 30.8 Å². The third-order valence-electron chi connectivity index (χ3n) is 4.90. The molecule has 1 aromatic carbocycles. The highest BCUT2D eigenvalue weighted by Gasteiger charge is 2.32. The minimum absolute atomic E-state index is 0.00351. The Morgan fingerprint density at radius 3 is 2.57 bits per heavy atom. The molecule has 0 aliphatic carbocycles. The molecule has 0 saturated carbocycles.